The van der Waals surface area contributed by atoms with E-state index in [0.29, 0.717) is 39.0 Å². The van der Waals surface area contributed by atoms with Gasteiger partial charge in [0.1, 0.15) is 17.2 Å². The molecule has 6 rings (SSSR count). The number of hydrogen-bond acceptors (Lipinski definition) is 9. The van der Waals surface area contributed by atoms with E-state index >= 15 is 0 Å². The van der Waals surface area contributed by atoms with Gasteiger partial charge in [0.25, 0.3) is 5.91 Å². The van der Waals surface area contributed by atoms with Gasteiger partial charge in [0.15, 0.2) is 11.2 Å². The van der Waals surface area contributed by atoms with Gasteiger partial charge in [-0.05, 0) is 48.5 Å². The van der Waals surface area contributed by atoms with Crippen molar-refractivity contribution in [2.24, 2.45) is 0 Å². The van der Waals surface area contributed by atoms with Gasteiger partial charge in [0.2, 0.25) is 21.8 Å². The van der Waals surface area contributed by atoms with E-state index in [2.05, 4.69) is 20.3 Å². The number of anilines is 1. The van der Waals surface area contributed by atoms with Crippen molar-refractivity contribution in [1.82, 2.24) is 20.3 Å². The lowest BCUT2D eigenvalue weighted by Gasteiger charge is -2.20. The molecule has 0 spiro atoms. The standard InChI is InChI=1S/C30H24FN5O6S/c1-32-29(37)26-20-14-19(21-12-17(13-25(34-21)40-3)30-35-28-23(42-30)6-5-11-33-28)22(36(2)43(4,38)39)15-24(20)41-27(26)16-7-9-18(31)10-8-16/h5-15H,1-4H3,(H,32,37). The van der Waals surface area contributed by atoms with Gasteiger partial charge in [-0.15, -0.1) is 0 Å². The molecule has 0 saturated heterocycles. The Hall–Kier alpha value is -5.30. The molecule has 0 fully saturated rings. The summed E-state index contributed by atoms with van der Waals surface area (Å²) in [6.45, 7) is 0. The first-order valence-electron chi connectivity index (χ1n) is 12.9. The molecule has 0 bridgehead atoms. The smallest absolute Gasteiger partial charge is 0.255 e. The van der Waals surface area contributed by atoms with Gasteiger partial charge in [-0.1, -0.05) is 0 Å². The molecular formula is C30H24FN5O6S. The molecule has 0 aliphatic rings. The number of ether oxygens (including phenoxy) is 1. The summed E-state index contributed by atoms with van der Waals surface area (Å²) in [5, 5.41) is 3.01. The summed E-state index contributed by atoms with van der Waals surface area (Å²) in [7, 11) is 0.570. The average molecular weight is 602 g/mol. The lowest BCUT2D eigenvalue weighted by Crippen LogP contribution is -2.25. The van der Waals surface area contributed by atoms with E-state index in [-0.39, 0.29) is 34.4 Å². The van der Waals surface area contributed by atoms with Crippen molar-refractivity contribution in [3.8, 4) is 39.9 Å². The Morgan fingerprint density at radius 1 is 1.00 bits per heavy atom. The second-order valence-corrected chi connectivity index (χ2v) is 11.6. The van der Waals surface area contributed by atoms with Gasteiger partial charge in [-0.2, -0.15) is 4.98 Å². The van der Waals surface area contributed by atoms with Crippen LogP contribution in [-0.2, 0) is 10.0 Å². The fourth-order valence-corrected chi connectivity index (χ4v) is 5.20. The first-order chi connectivity index (χ1) is 20.6. The number of rotatable bonds is 7. The first kappa shape index (κ1) is 27.8. The van der Waals surface area contributed by atoms with E-state index in [9.17, 15) is 17.6 Å². The summed E-state index contributed by atoms with van der Waals surface area (Å²) in [5.74, 6) is -0.247. The van der Waals surface area contributed by atoms with Crippen LogP contribution in [0.4, 0.5) is 10.1 Å². The monoisotopic (exact) mass is 601 g/mol. The number of carbonyl (C=O) groups excluding carboxylic acids is 1. The van der Waals surface area contributed by atoms with Crippen LogP contribution in [-0.4, -0.2) is 56.7 Å². The molecule has 2 aromatic carbocycles. The summed E-state index contributed by atoms with van der Waals surface area (Å²) in [5.41, 5.74) is 3.17. The minimum atomic E-state index is -3.76. The van der Waals surface area contributed by atoms with E-state index in [1.807, 2.05) is 0 Å². The first-order valence-corrected chi connectivity index (χ1v) is 14.7. The number of furan rings is 1. The molecule has 0 radical (unpaired) electrons. The molecule has 0 atom stereocenters. The third-order valence-electron chi connectivity index (χ3n) is 6.90. The molecule has 6 aromatic rings. The molecule has 0 saturated carbocycles. The molecule has 11 nitrogen and oxygen atoms in total. The Balaban J connectivity index is 1.64. The molecule has 218 valence electrons. The molecule has 4 heterocycles. The molecule has 0 aliphatic heterocycles. The second kappa shape index (κ2) is 10.5. The number of oxazole rings is 1. The number of aromatic nitrogens is 3. The summed E-state index contributed by atoms with van der Waals surface area (Å²) < 4.78 is 57.8. The van der Waals surface area contributed by atoms with E-state index in [1.165, 1.54) is 51.5 Å². The largest absolute Gasteiger partial charge is 0.481 e. The predicted octanol–water partition coefficient (Wildman–Crippen LogP) is 5.27. The predicted molar refractivity (Wildman–Crippen MR) is 159 cm³/mol. The fourth-order valence-electron chi connectivity index (χ4n) is 4.70. The Kier molecular flexibility index (Phi) is 6.81. The van der Waals surface area contributed by atoms with Gasteiger partial charge < -0.3 is 18.9 Å². The summed E-state index contributed by atoms with van der Waals surface area (Å²) in [6, 6.07) is 15.4. The van der Waals surface area contributed by atoms with Crippen molar-refractivity contribution in [3.63, 3.8) is 0 Å². The summed E-state index contributed by atoms with van der Waals surface area (Å²) in [4.78, 5) is 26.5. The van der Waals surface area contributed by atoms with E-state index in [0.717, 1.165) is 10.6 Å². The maximum atomic E-state index is 13.7. The topological polar surface area (TPSA) is 141 Å². The number of halogens is 1. The number of nitrogens with one attached hydrogen (secondary N) is 1. The number of nitrogens with zero attached hydrogens (tertiary/aromatic N) is 4. The number of amides is 1. The van der Waals surface area contributed by atoms with Crippen LogP contribution in [0.1, 0.15) is 10.4 Å². The van der Waals surface area contributed by atoms with Gasteiger partial charge in [-0.25, -0.2) is 22.8 Å². The van der Waals surface area contributed by atoms with Crippen LogP contribution in [0.3, 0.4) is 0 Å². The van der Waals surface area contributed by atoms with Crippen LogP contribution in [0.25, 0.3) is 56.2 Å². The SMILES string of the molecule is CNC(=O)c1c(-c2ccc(F)cc2)oc2cc(N(C)S(C)(=O)=O)c(-c3cc(-c4nc5ncccc5o4)cc(OC)n3)cc12. The molecule has 13 heteroatoms. The van der Waals surface area contributed by atoms with Crippen LogP contribution >= 0.6 is 0 Å². The minimum absolute atomic E-state index is 0.187. The Morgan fingerprint density at radius 3 is 2.44 bits per heavy atom. The zero-order valence-corrected chi connectivity index (χ0v) is 24.2. The number of benzene rings is 2. The highest BCUT2D eigenvalue weighted by atomic mass is 32.2. The highest BCUT2D eigenvalue weighted by Crippen LogP contribution is 2.42. The second-order valence-electron chi connectivity index (χ2n) is 9.62. The molecule has 0 unspecified atom stereocenters. The maximum Gasteiger partial charge on any atom is 0.255 e. The summed E-state index contributed by atoms with van der Waals surface area (Å²) >= 11 is 0. The van der Waals surface area contributed by atoms with Gasteiger partial charge in [0, 0.05) is 54.5 Å². The maximum absolute atomic E-state index is 13.7. The highest BCUT2D eigenvalue weighted by molar-refractivity contribution is 7.92. The van der Waals surface area contributed by atoms with E-state index in [4.69, 9.17) is 13.6 Å². The molecule has 0 aliphatic carbocycles. The van der Waals surface area contributed by atoms with Gasteiger partial charge >= 0.3 is 0 Å². The lowest BCUT2D eigenvalue weighted by molar-refractivity contribution is 0.0964. The van der Waals surface area contributed by atoms with Crippen LogP contribution in [0.5, 0.6) is 5.88 Å². The van der Waals surface area contributed by atoms with Gasteiger partial charge in [-0.3, -0.25) is 9.10 Å². The number of carbonyl (C=O) groups is 1. The van der Waals surface area contributed by atoms with Crippen molar-refractivity contribution in [3.05, 3.63) is 78.2 Å². The van der Waals surface area contributed by atoms with E-state index < -0.39 is 21.7 Å². The zero-order valence-electron chi connectivity index (χ0n) is 23.4. The zero-order chi connectivity index (χ0) is 30.5. The number of hydrogen-bond donors (Lipinski definition) is 1. The van der Waals surface area contributed by atoms with Crippen molar-refractivity contribution in [2.75, 3.05) is 31.8 Å². The molecule has 43 heavy (non-hydrogen) atoms. The number of fused-ring (bicyclic) bond motifs is 2. The third-order valence-corrected chi connectivity index (χ3v) is 8.09. The molecule has 4 aromatic heterocycles. The van der Waals surface area contributed by atoms with Crippen LogP contribution in [0, 0.1) is 5.82 Å². The Bertz CT molecular complexity index is 2110. The number of methoxy groups -OCH3 is 1. The third kappa shape index (κ3) is 5.03. The molecule has 1 amide bonds. The van der Waals surface area contributed by atoms with Crippen molar-refractivity contribution < 1.29 is 31.2 Å². The van der Waals surface area contributed by atoms with Crippen molar-refractivity contribution in [2.45, 2.75) is 0 Å². The highest BCUT2D eigenvalue weighted by Gasteiger charge is 2.27. The quantitative estimate of drug-likeness (QED) is 0.259. The van der Waals surface area contributed by atoms with Crippen LogP contribution in [0.2, 0.25) is 0 Å². The Labute approximate surface area is 245 Å². The number of sulfonamides is 1. The lowest BCUT2D eigenvalue weighted by atomic mass is 10.00. The van der Waals surface area contributed by atoms with Crippen LogP contribution < -0.4 is 14.4 Å². The molecule has 1 N–H and O–H groups in total. The molecular weight excluding hydrogens is 577 g/mol. The van der Waals surface area contributed by atoms with Gasteiger partial charge in [0.05, 0.1) is 30.3 Å². The van der Waals surface area contributed by atoms with Crippen molar-refractivity contribution >= 4 is 43.8 Å². The normalized spacial score (nSPS) is 11.7. The summed E-state index contributed by atoms with van der Waals surface area (Å²) in [6.07, 6.45) is 2.67. The average Bonchev–Trinajstić information content (AvgIpc) is 3.61. The fraction of sp³-hybridized carbons (Fsp3) is 0.133. The van der Waals surface area contributed by atoms with Crippen molar-refractivity contribution in [1.29, 1.82) is 0 Å². The number of pyridine rings is 2. The van der Waals surface area contributed by atoms with E-state index in [1.54, 1.807) is 36.5 Å². The Morgan fingerprint density at radius 2 is 1.77 bits per heavy atom. The van der Waals surface area contributed by atoms with Crippen LogP contribution in [0.15, 0.2) is 75.7 Å². The minimum Gasteiger partial charge on any atom is -0.481 e.